The van der Waals surface area contributed by atoms with Crippen molar-refractivity contribution in [2.24, 2.45) is 5.92 Å². The highest BCUT2D eigenvalue weighted by Crippen LogP contribution is 2.34. The van der Waals surface area contributed by atoms with Crippen LogP contribution >= 0.6 is 11.8 Å². The molecule has 1 heterocycles. The molecular formula is C14H24N4S. The zero-order chi connectivity index (χ0) is 13.7. The lowest BCUT2D eigenvalue weighted by Gasteiger charge is -2.15. The van der Waals surface area contributed by atoms with E-state index < -0.39 is 0 Å². The summed E-state index contributed by atoms with van der Waals surface area (Å²) < 4.78 is 0. The third-order valence-electron chi connectivity index (χ3n) is 3.22. The molecule has 0 radical (unpaired) electrons. The van der Waals surface area contributed by atoms with E-state index in [0.29, 0.717) is 6.04 Å². The van der Waals surface area contributed by atoms with Crippen molar-refractivity contribution >= 4 is 23.4 Å². The molecular weight excluding hydrogens is 256 g/mol. The van der Waals surface area contributed by atoms with Crippen LogP contribution in [0.4, 0.5) is 11.6 Å². The maximum Gasteiger partial charge on any atom is 0.191 e. The maximum absolute atomic E-state index is 4.53. The molecule has 0 aliphatic heterocycles. The number of nitrogens with one attached hydrogen (secondary N) is 2. The molecule has 0 bridgehead atoms. The van der Waals surface area contributed by atoms with Crippen molar-refractivity contribution in [2.45, 2.75) is 50.7 Å². The smallest absolute Gasteiger partial charge is 0.191 e. The highest BCUT2D eigenvalue weighted by Gasteiger charge is 2.23. The van der Waals surface area contributed by atoms with Crippen molar-refractivity contribution in [1.82, 2.24) is 9.97 Å². The Morgan fingerprint density at radius 2 is 2.11 bits per heavy atom. The van der Waals surface area contributed by atoms with Gasteiger partial charge >= 0.3 is 0 Å². The standard InChI is InChI=1S/C14H24N4S/c1-4-7-15-12-9-13(18-14(17-12)19-3)16-10(2)8-11-5-6-11/h9-11H,4-8H2,1-3H3,(H2,15,16,17,18). The molecule has 106 valence electrons. The van der Waals surface area contributed by atoms with Crippen LogP contribution in [0.25, 0.3) is 0 Å². The summed E-state index contributed by atoms with van der Waals surface area (Å²) in [6, 6.07) is 2.50. The van der Waals surface area contributed by atoms with Crippen molar-refractivity contribution in [2.75, 3.05) is 23.4 Å². The Morgan fingerprint density at radius 3 is 2.74 bits per heavy atom. The highest BCUT2D eigenvalue weighted by molar-refractivity contribution is 7.98. The molecule has 1 aromatic heterocycles. The van der Waals surface area contributed by atoms with Crippen molar-refractivity contribution in [3.63, 3.8) is 0 Å². The Balaban J connectivity index is 2.00. The topological polar surface area (TPSA) is 49.8 Å². The molecule has 0 amide bonds. The molecule has 1 aliphatic rings. The molecule has 2 N–H and O–H groups in total. The summed E-state index contributed by atoms with van der Waals surface area (Å²) in [5.74, 6) is 2.79. The lowest BCUT2D eigenvalue weighted by Crippen LogP contribution is -2.17. The van der Waals surface area contributed by atoms with Crippen LogP contribution in [0, 0.1) is 5.92 Å². The van der Waals surface area contributed by atoms with Crippen LogP contribution in [0.2, 0.25) is 0 Å². The molecule has 2 rings (SSSR count). The average molecular weight is 280 g/mol. The first-order valence-electron chi connectivity index (χ1n) is 7.14. The Hall–Kier alpha value is -0.970. The first-order chi connectivity index (χ1) is 9.21. The molecule has 5 heteroatoms. The van der Waals surface area contributed by atoms with Gasteiger partial charge in [0.1, 0.15) is 11.6 Å². The zero-order valence-corrected chi connectivity index (χ0v) is 12.9. The van der Waals surface area contributed by atoms with Gasteiger partial charge in [0.15, 0.2) is 5.16 Å². The third-order valence-corrected chi connectivity index (χ3v) is 3.77. The van der Waals surface area contributed by atoms with Crippen molar-refractivity contribution < 1.29 is 0 Å². The summed E-state index contributed by atoms with van der Waals surface area (Å²) in [7, 11) is 0. The van der Waals surface area contributed by atoms with Crippen molar-refractivity contribution in [1.29, 1.82) is 0 Å². The Kier molecular flexibility index (Phi) is 5.31. The van der Waals surface area contributed by atoms with Crippen LogP contribution < -0.4 is 10.6 Å². The second-order valence-corrected chi connectivity index (χ2v) is 6.05. The van der Waals surface area contributed by atoms with Gasteiger partial charge in [-0.2, -0.15) is 0 Å². The Morgan fingerprint density at radius 1 is 1.37 bits per heavy atom. The molecule has 0 spiro atoms. The Labute approximate surface area is 120 Å². The largest absolute Gasteiger partial charge is 0.370 e. The molecule has 4 nitrogen and oxygen atoms in total. The fourth-order valence-electron chi connectivity index (χ4n) is 2.10. The minimum atomic E-state index is 0.483. The van der Waals surface area contributed by atoms with E-state index in [2.05, 4.69) is 34.4 Å². The quantitative estimate of drug-likeness (QED) is 0.562. The van der Waals surface area contributed by atoms with Crippen LogP contribution in [-0.4, -0.2) is 28.8 Å². The molecule has 19 heavy (non-hydrogen) atoms. The van der Waals surface area contributed by atoms with Gasteiger partial charge in [0, 0.05) is 18.7 Å². The van der Waals surface area contributed by atoms with Crippen LogP contribution in [0.3, 0.4) is 0 Å². The van der Waals surface area contributed by atoms with E-state index in [1.165, 1.54) is 19.3 Å². The van der Waals surface area contributed by atoms with Gasteiger partial charge in [0.25, 0.3) is 0 Å². The van der Waals surface area contributed by atoms with Crippen LogP contribution in [0.15, 0.2) is 11.2 Å². The lowest BCUT2D eigenvalue weighted by atomic mass is 10.1. The maximum atomic E-state index is 4.53. The minimum absolute atomic E-state index is 0.483. The van der Waals surface area contributed by atoms with Gasteiger partial charge < -0.3 is 10.6 Å². The summed E-state index contributed by atoms with van der Waals surface area (Å²) in [4.78, 5) is 9.00. The zero-order valence-electron chi connectivity index (χ0n) is 12.1. The fraction of sp³-hybridized carbons (Fsp3) is 0.714. The van der Waals surface area contributed by atoms with E-state index in [1.807, 2.05) is 12.3 Å². The van der Waals surface area contributed by atoms with E-state index >= 15 is 0 Å². The summed E-state index contributed by atoms with van der Waals surface area (Å²) in [5, 5.41) is 7.65. The summed E-state index contributed by atoms with van der Waals surface area (Å²) >= 11 is 1.58. The fourth-order valence-corrected chi connectivity index (χ4v) is 2.48. The average Bonchev–Trinajstić information content (AvgIpc) is 3.19. The minimum Gasteiger partial charge on any atom is -0.370 e. The van der Waals surface area contributed by atoms with Crippen LogP contribution in [-0.2, 0) is 0 Å². The number of hydrogen-bond acceptors (Lipinski definition) is 5. The van der Waals surface area contributed by atoms with Gasteiger partial charge in [-0.25, -0.2) is 9.97 Å². The predicted octanol–water partition coefficient (Wildman–Crippen LogP) is 3.62. The first kappa shape index (κ1) is 14.4. The number of thioether (sulfide) groups is 1. The summed E-state index contributed by atoms with van der Waals surface area (Å²) in [6.45, 7) is 5.33. The van der Waals surface area contributed by atoms with Gasteiger partial charge in [-0.15, -0.1) is 0 Å². The van der Waals surface area contributed by atoms with Crippen LogP contribution in [0.5, 0.6) is 0 Å². The van der Waals surface area contributed by atoms with Crippen molar-refractivity contribution in [3.8, 4) is 0 Å². The second kappa shape index (κ2) is 6.98. The first-order valence-corrected chi connectivity index (χ1v) is 8.37. The molecule has 1 aliphatic carbocycles. The third kappa shape index (κ3) is 4.90. The summed E-state index contributed by atoms with van der Waals surface area (Å²) in [6.07, 6.45) is 7.15. The van der Waals surface area contributed by atoms with Gasteiger partial charge in [0.2, 0.25) is 0 Å². The number of aromatic nitrogens is 2. The number of nitrogens with zero attached hydrogens (tertiary/aromatic N) is 2. The number of rotatable bonds is 8. The lowest BCUT2D eigenvalue weighted by molar-refractivity contribution is 0.639. The monoisotopic (exact) mass is 280 g/mol. The molecule has 1 aromatic rings. The van der Waals surface area contributed by atoms with Crippen molar-refractivity contribution in [3.05, 3.63) is 6.07 Å². The molecule has 1 unspecified atom stereocenters. The SMILES string of the molecule is CCCNc1cc(NC(C)CC2CC2)nc(SC)n1. The van der Waals surface area contributed by atoms with E-state index in [1.54, 1.807) is 11.8 Å². The number of anilines is 2. The van der Waals surface area contributed by atoms with Gasteiger partial charge in [-0.1, -0.05) is 31.5 Å². The van der Waals surface area contributed by atoms with E-state index in [9.17, 15) is 0 Å². The van der Waals surface area contributed by atoms with Gasteiger partial charge in [-0.3, -0.25) is 0 Å². The normalized spacial score (nSPS) is 16.2. The van der Waals surface area contributed by atoms with Crippen LogP contribution in [0.1, 0.15) is 39.5 Å². The molecule has 0 aromatic carbocycles. The van der Waals surface area contributed by atoms with E-state index in [0.717, 1.165) is 35.7 Å². The molecule has 0 saturated heterocycles. The molecule has 1 saturated carbocycles. The van der Waals surface area contributed by atoms with Gasteiger partial charge in [-0.05, 0) is 31.9 Å². The predicted molar refractivity (Wildman–Crippen MR) is 83.0 cm³/mol. The highest BCUT2D eigenvalue weighted by atomic mass is 32.2. The Bertz CT molecular complexity index is 406. The van der Waals surface area contributed by atoms with E-state index in [-0.39, 0.29) is 0 Å². The molecule has 1 fully saturated rings. The van der Waals surface area contributed by atoms with Gasteiger partial charge in [0.05, 0.1) is 0 Å². The second-order valence-electron chi connectivity index (χ2n) is 5.28. The summed E-state index contributed by atoms with van der Waals surface area (Å²) in [5.41, 5.74) is 0. The number of hydrogen-bond donors (Lipinski definition) is 2. The molecule has 1 atom stereocenters. The van der Waals surface area contributed by atoms with E-state index in [4.69, 9.17) is 0 Å².